The molecule has 2 heterocycles. The molecule has 2 atom stereocenters. The zero-order chi connectivity index (χ0) is 18.2. The Morgan fingerprint density at radius 1 is 1.48 bits per heavy atom. The van der Waals surface area contributed by atoms with Crippen molar-refractivity contribution < 1.29 is 17.6 Å². The molecule has 0 bridgehead atoms. The number of carbonyl (C=O) groups is 1. The van der Waals surface area contributed by atoms with Gasteiger partial charge in [0, 0.05) is 18.1 Å². The van der Waals surface area contributed by atoms with Gasteiger partial charge >= 0.3 is 0 Å². The molecule has 1 aliphatic heterocycles. The Bertz CT molecular complexity index is 891. The van der Waals surface area contributed by atoms with Crippen molar-refractivity contribution in [2.45, 2.75) is 18.5 Å². The first-order valence-corrected chi connectivity index (χ1v) is 9.85. The summed E-state index contributed by atoms with van der Waals surface area (Å²) < 4.78 is 45.4. The van der Waals surface area contributed by atoms with Gasteiger partial charge < -0.3 is 5.32 Å². The molecule has 7 nitrogen and oxygen atoms in total. The smallest absolute Gasteiger partial charge is 0.280 e. The molecule has 25 heavy (non-hydrogen) atoms. The number of amides is 1. The first-order chi connectivity index (χ1) is 11.8. The Morgan fingerprint density at radius 2 is 2.24 bits per heavy atom. The maximum atomic E-state index is 13.2. The van der Waals surface area contributed by atoms with Crippen molar-refractivity contribution in [2.75, 3.05) is 12.4 Å². The second-order valence-electron chi connectivity index (χ2n) is 5.49. The van der Waals surface area contributed by atoms with E-state index < -0.39 is 34.0 Å². The van der Waals surface area contributed by atoms with Crippen molar-refractivity contribution in [1.82, 2.24) is 13.4 Å². The van der Waals surface area contributed by atoms with E-state index in [0.29, 0.717) is 5.69 Å². The molecule has 2 N–H and O–H groups in total. The number of aromatic nitrogens is 1. The normalized spacial score (nSPS) is 23.3. The van der Waals surface area contributed by atoms with Crippen molar-refractivity contribution in [1.29, 1.82) is 0 Å². The molecule has 1 aromatic heterocycles. The van der Waals surface area contributed by atoms with Crippen LogP contribution in [0.4, 0.5) is 10.1 Å². The van der Waals surface area contributed by atoms with Crippen molar-refractivity contribution in [3.8, 4) is 0 Å². The van der Waals surface area contributed by atoms with E-state index in [0.717, 1.165) is 10.4 Å². The van der Waals surface area contributed by atoms with Gasteiger partial charge in [-0.3, -0.25) is 4.79 Å². The highest BCUT2D eigenvalue weighted by atomic mass is 35.5. The van der Waals surface area contributed by atoms with Crippen LogP contribution in [0.1, 0.15) is 18.2 Å². The van der Waals surface area contributed by atoms with Gasteiger partial charge in [0.15, 0.2) is 0 Å². The van der Waals surface area contributed by atoms with Gasteiger partial charge in [-0.15, -0.1) is 0 Å². The molecule has 0 radical (unpaired) electrons. The number of hydrogen-bond acceptors (Lipinski definition) is 5. The highest BCUT2D eigenvalue weighted by Crippen LogP contribution is 2.28. The Kier molecular flexibility index (Phi) is 5.07. The summed E-state index contributed by atoms with van der Waals surface area (Å²) in [6.07, 6.45) is 0.209. The molecule has 3 rings (SSSR count). The summed E-state index contributed by atoms with van der Waals surface area (Å²) in [4.78, 5) is 12.6. The van der Waals surface area contributed by atoms with E-state index in [1.807, 2.05) is 0 Å². The fourth-order valence-corrected chi connectivity index (χ4v) is 4.52. The third kappa shape index (κ3) is 3.82. The van der Waals surface area contributed by atoms with E-state index in [9.17, 15) is 17.6 Å². The quantitative estimate of drug-likeness (QED) is 0.820. The van der Waals surface area contributed by atoms with Crippen LogP contribution in [0.25, 0.3) is 0 Å². The molecule has 1 fully saturated rings. The Morgan fingerprint density at radius 3 is 2.88 bits per heavy atom. The summed E-state index contributed by atoms with van der Waals surface area (Å²) in [6, 6.07) is 3.91. The minimum atomic E-state index is -3.84. The average Bonchev–Trinajstić information content (AvgIpc) is 3.07. The van der Waals surface area contributed by atoms with Crippen molar-refractivity contribution in [2.24, 2.45) is 0 Å². The molecular formula is C14H14ClFN4O3S2. The molecule has 2 aromatic rings. The molecule has 0 aliphatic carbocycles. The highest BCUT2D eigenvalue weighted by molar-refractivity contribution is 7.87. The molecule has 1 aliphatic rings. The maximum absolute atomic E-state index is 13.2. The predicted octanol–water partition coefficient (Wildman–Crippen LogP) is 2.15. The van der Waals surface area contributed by atoms with Crippen molar-refractivity contribution in [3.63, 3.8) is 0 Å². The van der Waals surface area contributed by atoms with Crippen molar-refractivity contribution in [3.05, 3.63) is 46.2 Å². The van der Waals surface area contributed by atoms with Gasteiger partial charge in [-0.2, -0.15) is 21.8 Å². The number of halogens is 2. The van der Waals surface area contributed by atoms with Gasteiger partial charge in [-0.1, -0.05) is 11.6 Å². The first kappa shape index (κ1) is 18.2. The largest absolute Gasteiger partial charge is 0.325 e. The first-order valence-electron chi connectivity index (χ1n) is 7.19. The summed E-state index contributed by atoms with van der Waals surface area (Å²) in [5, 5.41) is 4.17. The fraction of sp³-hybridized carbons (Fsp3) is 0.286. The van der Waals surface area contributed by atoms with Crippen LogP contribution in [-0.2, 0) is 15.0 Å². The number of rotatable bonds is 3. The number of nitrogens with one attached hydrogen (secondary N) is 2. The van der Waals surface area contributed by atoms with Crippen LogP contribution in [0.3, 0.4) is 0 Å². The van der Waals surface area contributed by atoms with Gasteiger partial charge in [0.05, 0.1) is 16.8 Å². The molecule has 1 saturated heterocycles. The molecular weight excluding hydrogens is 391 g/mol. The SMILES string of the molecule is CN1[C@H](C(=O)Nc2ccc(F)c(Cl)c2)C[C@H](c2ccsn2)NS1(=O)=O. The van der Waals surface area contributed by atoms with Crippen LogP contribution >= 0.6 is 23.1 Å². The molecule has 0 unspecified atom stereocenters. The third-order valence-electron chi connectivity index (χ3n) is 3.87. The molecule has 0 spiro atoms. The minimum absolute atomic E-state index is 0.135. The number of nitrogens with zero attached hydrogens (tertiary/aromatic N) is 2. The van der Waals surface area contributed by atoms with Crippen molar-refractivity contribution >= 4 is 44.9 Å². The van der Waals surface area contributed by atoms with Crippen LogP contribution in [0, 0.1) is 5.82 Å². The zero-order valence-corrected chi connectivity index (χ0v) is 15.3. The maximum Gasteiger partial charge on any atom is 0.280 e. The second-order valence-corrected chi connectivity index (χ2v) is 8.32. The third-order valence-corrected chi connectivity index (χ3v) is 6.33. The fourth-order valence-electron chi connectivity index (χ4n) is 2.50. The number of hydrogen-bond donors (Lipinski definition) is 2. The highest BCUT2D eigenvalue weighted by Gasteiger charge is 2.41. The molecule has 11 heteroatoms. The van der Waals surface area contributed by atoms with Crippen LogP contribution in [-0.4, -0.2) is 36.1 Å². The molecule has 134 valence electrons. The van der Waals surface area contributed by atoms with E-state index in [2.05, 4.69) is 14.4 Å². The zero-order valence-electron chi connectivity index (χ0n) is 12.9. The number of benzene rings is 1. The summed E-state index contributed by atoms with van der Waals surface area (Å²) in [6.45, 7) is 0. The van der Waals surface area contributed by atoms with Gasteiger partial charge in [0.1, 0.15) is 11.9 Å². The molecule has 1 aromatic carbocycles. The lowest BCUT2D eigenvalue weighted by Crippen LogP contribution is -2.56. The van der Waals surface area contributed by atoms with E-state index in [1.54, 1.807) is 11.4 Å². The number of anilines is 1. The van der Waals surface area contributed by atoms with Crippen LogP contribution in [0.5, 0.6) is 0 Å². The predicted molar refractivity (Wildman–Crippen MR) is 93.1 cm³/mol. The lowest BCUT2D eigenvalue weighted by molar-refractivity contribution is -0.120. The second kappa shape index (κ2) is 6.96. The topological polar surface area (TPSA) is 91.4 Å². The van der Waals surface area contributed by atoms with E-state index >= 15 is 0 Å². The average molecular weight is 405 g/mol. The lowest BCUT2D eigenvalue weighted by atomic mass is 10.0. The van der Waals surface area contributed by atoms with Gasteiger partial charge in [-0.05, 0) is 42.2 Å². The Labute approximate surface area is 153 Å². The van der Waals surface area contributed by atoms with Gasteiger partial charge in [0.2, 0.25) is 5.91 Å². The summed E-state index contributed by atoms with van der Waals surface area (Å²) in [7, 11) is -2.52. The van der Waals surface area contributed by atoms with E-state index in [-0.39, 0.29) is 17.1 Å². The standard InChI is InChI=1S/C14H14ClFN4O3S2/c1-20-13(14(21)17-8-2-3-10(16)9(15)6-8)7-12(19-25(20,22)23)11-4-5-24-18-11/h2-6,12-13,19H,7H2,1H3,(H,17,21)/t12-,13+/m1/s1. The summed E-state index contributed by atoms with van der Waals surface area (Å²) in [5.41, 5.74) is 0.843. The molecule has 1 amide bonds. The summed E-state index contributed by atoms with van der Waals surface area (Å²) in [5.74, 6) is -1.14. The van der Waals surface area contributed by atoms with Crippen LogP contribution in [0.2, 0.25) is 5.02 Å². The number of likely N-dealkylation sites (N-methyl/N-ethyl adjacent to an activating group) is 1. The molecule has 0 saturated carbocycles. The number of carbonyl (C=O) groups excluding carboxylic acids is 1. The van der Waals surface area contributed by atoms with Gasteiger partial charge in [0.25, 0.3) is 10.2 Å². The van der Waals surface area contributed by atoms with Crippen LogP contribution < -0.4 is 10.0 Å². The summed E-state index contributed by atoms with van der Waals surface area (Å²) >= 11 is 6.90. The Balaban J connectivity index is 1.83. The Hall–Kier alpha value is -1.59. The van der Waals surface area contributed by atoms with E-state index in [4.69, 9.17) is 11.6 Å². The van der Waals surface area contributed by atoms with Crippen LogP contribution in [0.15, 0.2) is 29.6 Å². The van der Waals surface area contributed by atoms with Gasteiger partial charge in [-0.25, -0.2) is 4.39 Å². The minimum Gasteiger partial charge on any atom is -0.325 e. The lowest BCUT2D eigenvalue weighted by Gasteiger charge is -2.35. The monoisotopic (exact) mass is 404 g/mol. The van der Waals surface area contributed by atoms with E-state index in [1.165, 1.54) is 30.7 Å².